The molecule has 0 fully saturated rings. The molecule has 1 rings (SSSR count). The zero-order chi connectivity index (χ0) is 12.3. The lowest BCUT2D eigenvalue weighted by molar-refractivity contribution is -0.141. The van der Waals surface area contributed by atoms with Crippen molar-refractivity contribution >= 4 is 39.4 Å². The van der Waals surface area contributed by atoms with Gasteiger partial charge in [0, 0.05) is 22.0 Å². The van der Waals surface area contributed by atoms with Crippen molar-refractivity contribution in [2.75, 3.05) is 0 Å². The number of halogens is 2. The Morgan fingerprint density at radius 2 is 2.12 bits per heavy atom. The van der Waals surface area contributed by atoms with E-state index in [9.17, 15) is 9.59 Å². The highest BCUT2D eigenvalue weighted by Crippen LogP contribution is 2.26. The van der Waals surface area contributed by atoms with Gasteiger partial charge in [0.1, 0.15) is 0 Å². The molecule has 0 aromatic heterocycles. The summed E-state index contributed by atoms with van der Waals surface area (Å²) in [6.45, 7) is 1.25. The molecule has 0 radical (unpaired) electrons. The van der Waals surface area contributed by atoms with Crippen LogP contribution in [0.3, 0.4) is 0 Å². The molecule has 2 N–H and O–H groups in total. The fraction of sp³-hybridized carbons (Fsp3) is 0.200. The molecule has 1 atom stereocenters. The number of rotatable bonds is 3. The standard InChI is InChI=1S/C10H9BrClNO3/c1-5(14)13-9(10(15)16)7-4-6(11)2-3-8(7)12/h2-4,9H,1H3,(H,13,14)(H,15,16). The van der Waals surface area contributed by atoms with E-state index in [2.05, 4.69) is 21.2 Å². The number of aliphatic carboxylic acids is 1. The van der Waals surface area contributed by atoms with Crippen LogP contribution in [0.1, 0.15) is 18.5 Å². The monoisotopic (exact) mass is 305 g/mol. The summed E-state index contributed by atoms with van der Waals surface area (Å²) >= 11 is 9.10. The molecule has 4 nitrogen and oxygen atoms in total. The average molecular weight is 307 g/mol. The number of benzene rings is 1. The molecular weight excluding hydrogens is 297 g/mol. The molecule has 0 aliphatic rings. The molecule has 0 heterocycles. The van der Waals surface area contributed by atoms with E-state index >= 15 is 0 Å². The maximum absolute atomic E-state index is 11.0. The third-order valence-electron chi connectivity index (χ3n) is 1.86. The second kappa shape index (κ2) is 5.32. The van der Waals surface area contributed by atoms with Gasteiger partial charge in [0.15, 0.2) is 6.04 Å². The molecule has 0 spiro atoms. The summed E-state index contributed by atoms with van der Waals surface area (Å²) < 4.78 is 0.698. The first-order valence-electron chi connectivity index (χ1n) is 4.36. The van der Waals surface area contributed by atoms with Crippen LogP contribution in [0.25, 0.3) is 0 Å². The molecule has 1 aromatic rings. The van der Waals surface area contributed by atoms with E-state index < -0.39 is 17.9 Å². The minimum atomic E-state index is -1.16. The highest BCUT2D eigenvalue weighted by atomic mass is 79.9. The van der Waals surface area contributed by atoms with E-state index in [0.29, 0.717) is 15.1 Å². The summed E-state index contributed by atoms with van der Waals surface area (Å²) in [4.78, 5) is 21.9. The van der Waals surface area contributed by atoms with Gasteiger partial charge in [-0.05, 0) is 18.2 Å². The first kappa shape index (κ1) is 13.0. The molecule has 6 heteroatoms. The van der Waals surface area contributed by atoms with Crippen molar-refractivity contribution in [2.24, 2.45) is 0 Å². The lowest BCUT2D eigenvalue weighted by atomic mass is 10.1. The highest BCUT2D eigenvalue weighted by molar-refractivity contribution is 9.10. The normalized spacial score (nSPS) is 11.9. The zero-order valence-electron chi connectivity index (χ0n) is 8.33. The van der Waals surface area contributed by atoms with Crippen LogP contribution in [0.15, 0.2) is 22.7 Å². The van der Waals surface area contributed by atoms with E-state index in [1.54, 1.807) is 18.2 Å². The van der Waals surface area contributed by atoms with E-state index in [-0.39, 0.29) is 0 Å². The Hall–Kier alpha value is -1.07. The van der Waals surface area contributed by atoms with Crippen molar-refractivity contribution in [3.8, 4) is 0 Å². The first-order chi connectivity index (χ1) is 7.41. The molecule has 0 bridgehead atoms. The van der Waals surface area contributed by atoms with Crippen molar-refractivity contribution in [1.82, 2.24) is 5.32 Å². The van der Waals surface area contributed by atoms with E-state index in [1.165, 1.54) is 6.92 Å². The molecule has 86 valence electrons. The molecular formula is C10H9BrClNO3. The van der Waals surface area contributed by atoms with Crippen LogP contribution in [-0.2, 0) is 9.59 Å². The molecule has 1 amide bonds. The summed E-state index contributed by atoms with van der Waals surface area (Å²) in [6, 6.07) is 3.69. The Morgan fingerprint density at radius 3 is 2.62 bits per heavy atom. The average Bonchev–Trinajstić information content (AvgIpc) is 2.18. The fourth-order valence-corrected chi connectivity index (χ4v) is 1.82. The predicted octanol–water partition coefficient (Wildman–Crippen LogP) is 2.36. The van der Waals surface area contributed by atoms with Gasteiger partial charge in [-0.1, -0.05) is 27.5 Å². The summed E-state index contributed by atoms with van der Waals surface area (Å²) in [5.41, 5.74) is 0.346. The van der Waals surface area contributed by atoms with Gasteiger partial charge in [0.25, 0.3) is 0 Å². The topological polar surface area (TPSA) is 66.4 Å². The largest absolute Gasteiger partial charge is 0.479 e. The summed E-state index contributed by atoms with van der Waals surface area (Å²) in [6.07, 6.45) is 0. The second-order valence-electron chi connectivity index (χ2n) is 3.14. The van der Waals surface area contributed by atoms with Crippen LogP contribution in [0, 0.1) is 0 Å². The van der Waals surface area contributed by atoms with Gasteiger partial charge in [-0.15, -0.1) is 0 Å². The van der Waals surface area contributed by atoms with Gasteiger partial charge < -0.3 is 10.4 Å². The smallest absolute Gasteiger partial charge is 0.330 e. The zero-order valence-corrected chi connectivity index (χ0v) is 10.7. The molecule has 0 saturated carbocycles. The Kier molecular flexibility index (Phi) is 4.32. The number of hydrogen-bond acceptors (Lipinski definition) is 2. The van der Waals surface area contributed by atoms with Crippen molar-refractivity contribution in [3.63, 3.8) is 0 Å². The predicted molar refractivity (Wildman–Crippen MR) is 63.3 cm³/mol. The molecule has 1 unspecified atom stereocenters. The molecule has 0 aliphatic heterocycles. The molecule has 0 saturated heterocycles. The Balaban J connectivity index is 3.14. The number of hydrogen-bond donors (Lipinski definition) is 2. The van der Waals surface area contributed by atoms with Crippen molar-refractivity contribution in [1.29, 1.82) is 0 Å². The van der Waals surface area contributed by atoms with E-state index in [4.69, 9.17) is 16.7 Å². The number of carboxylic acids is 1. The minimum absolute atomic E-state index is 0.296. The van der Waals surface area contributed by atoms with Crippen LogP contribution in [0.4, 0.5) is 0 Å². The van der Waals surface area contributed by atoms with E-state index in [1.807, 2.05) is 0 Å². The number of carboxylic acid groups (broad SMARTS) is 1. The van der Waals surface area contributed by atoms with Gasteiger partial charge in [-0.2, -0.15) is 0 Å². The second-order valence-corrected chi connectivity index (χ2v) is 4.46. The summed E-state index contributed by atoms with van der Waals surface area (Å²) in [7, 11) is 0. The third kappa shape index (κ3) is 3.21. The summed E-state index contributed by atoms with van der Waals surface area (Å²) in [5, 5.41) is 11.6. The van der Waals surface area contributed by atoms with Gasteiger partial charge in [-0.3, -0.25) is 4.79 Å². The van der Waals surface area contributed by atoms with Crippen LogP contribution >= 0.6 is 27.5 Å². The van der Waals surface area contributed by atoms with Crippen LogP contribution in [-0.4, -0.2) is 17.0 Å². The minimum Gasteiger partial charge on any atom is -0.479 e. The van der Waals surface area contributed by atoms with Crippen molar-refractivity contribution in [2.45, 2.75) is 13.0 Å². The number of carbonyl (C=O) groups is 2. The van der Waals surface area contributed by atoms with Crippen LogP contribution in [0.2, 0.25) is 5.02 Å². The highest BCUT2D eigenvalue weighted by Gasteiger charge is 2.23. The quantitative estimate of drug-likeness (QED) is 0.901. The van der Waals surface area contributed by atoms with Crippen LogP contribution < -0.4 is 5.32 Å². The van der Waals surface area contributed by atoms with Crippen molar-refractivity contribution < 1.29 is 14.7 Å². The molecule has 16 heavy (non-hydrogen) atoms. The molecule has 0 aliphatic carbocycles. The SMILES string of the molecule is CC(=O)NC(C(=O)O)c1cc(Br)ccc1Cl. The lowest BCUT2D eigenvalue weighted by Gasteiger charge is -2.15. The number of carbonyl (C=O) groups excluding carboxylic acids is 1. The first-order valence-corrected chi connectivity index (χ1v) is 5.53. The lowest BCUT2D eigenvalue weighted by Crippen LogP contribution is -2.32. The number of nitrogens with one attached hydrogen (secondary N) is 1. The van der Waals surface area contributed by atoms with Gasteiger partial charge in [0.2, 0.25) is 5.91 Å². The summed E-state index contributed by atoms with van der Waals surface area (Å²) in [5.74, 6) is -1.58. The van der Waals surface area contributed by atoms with Crippen molar-refractivity contribution in [3.05, 3.63) is 33.3 Å². The third-order valence-corrected chi connectivity index (χ3v) is 2.70. The number of amides is 1. The van der Waals surface area contributed by atoms with Gasteiger partial charge in [0.05, 0.1) is 0 Å². The van der Waals surface area contributed by atoms with Gasteiger partial charge in [-0.25, -0.2) is 4.79 Å². The Labute approximate surface area is 106 Å². The maximum atomic E-state index is 11.0. The Bertz CT molecular complexity index is 436. The molecule has 1 aromatic carbocycles. The fourth-order valence-electron chi connectivity index (χ4n) is 1.21. The van der Waals surface area contributed by atoms with Gasteiger partial charge >= 0.3 is 5.97 Å². The van der Waals surface area contributed by atoms with E-state index in [0.717, 1.165) is 0 Å². The maximum Gasteiger partial charge on any atom is 0.330 e. The van der Waals surface area contributed by atoms with Crippen LogP contribution in [0.5, 0.6) is 0 Å². The Morgan fingerprint density at radius 1 is 1.50 bits per heavy atom.